The summed E-state index contributed by atoms with van der Waals surface area (Å²) in [4.78, 5) is 0. The van der Waals surface area contributed by atoms with Gasteiger partial charge in [0.15, 0.2) is 23.0 Å². The Morgan fingerprint density at radius 1 is 0.833 bits per heavy atom. The fourth-order valence-electron chi connectivity index (χ4n) is 4.97. The molecule has 1 unspecified atom stereocenters. The maximum Gasteiger partial charge on any atom is 0.231 e. The van der Waals surface area contributed by atoms with E-state index in [0.29, 0.717) is 40.7 Å². The van der Waals surface area contributed by atoms with Crippen molar-refractivity contribution in [3.8, 4) is 39.9 Å². The molecular formula is C26H26O10. The first-order valence-electron chi connectivity index (χ1n) is 11.5. The quantitative estimate of drug-likeness (QED) is 0.482. The Bertz CT molecular complexity index is 1320. The molecule has 3 heterocycles. The third-order valence-corrected chi connectivity index (χ3v) is 6.82. The van der Waals surface area contributed by atoms with Gasteiger partial charge in [0.25, 0.3) is 0 Å². The summed E-state index contributed by atoms with van der Waals surface area (Å²) >= 11 is 0. The highest BCUT2D eigenvalue weighted by Gasteiger charge is 2.40. The van der Waals surface area contributed by atoms with Gasteiger partial charge < -0.3 is 48.5 Å². The molecule has 0 spiro atoms. The fraction of sp³-hybridized carbons (Fsp3) is 0.385. The van der Waals surface area contributed by atoms with E-state index in [1.54, 1.807) is 20.3 Å². The van der Waals surface area contributed by atoms with Gasteiger partial charge in [-0.2, -0.15) is 0 Å². The van der Waals surface area contributed by atoms with Crippen molar-refractivity contribution in [3.63, 3.8) is 0 Å². The van der Waals surface area contributed by atoms with Crippen molar-refractivity contribution < 1.29 is 48.5 Å². The van der Waals surface area contributed by atoms with Gasteiger partial charge >= 0.3 is 0 Å². The van der Waals surface area contributed by atoms with Crippen LogP contribution in [0.5, 0.6) is 28.7 Å². The standard InChI is InChI=1S/C26H26O10/c1-30-19-6-13-14(7-20(19)31-2)25(36-26-24(29)23(28)17(27)10-33-26)16-9-32-8-15(16)22(13)12-3-4-18-21(5-12)35-11-34-18/h3-7,17,23-24,26-29H,8-11H2,1-2H3/t17-,23-,24+,26?/m0/s1. The first kappa shape index (κ1) is 23.1. The van der Waals surface area contributed by atoms with Crippen LogP contribution in [-0.2, 0) is 22.7 Å². The lowest BCUT2D eigenvalue weighted by molar-refractivity contribution is -0.241. The number of fused-ring (bicyclic) bond motifs is 3. The number of hydrogen-bond donors (Lipinski definition) is 3. The number of hydrogen-bond acceptors (Lipinski definition) is 10. The van der Waals surface area contributed by atoms with Crippen molar-refractivity contribution in [2.24, 2.45) is 0 Å². The van der Waals surface area contributed by atoms with Crippen LogP contribution in [0.4, 0.5) is 0 Å². The molecule has 190 valence electrons. The Kier molecular flexibility index (Phi) is 5.78. The van der Waals surface area contributed by atoms with Crippen molar-refractivity contribution in [3.05, 3.63) is 41.5 Å². The van der Waals surface area contributed by atoms with Crippen molar-refractivity contribution in [2.45, 2.75) is 37.8 Å². The van der Waals surface area contributed by atoms with E-state index < -0.39 is 24.6 Å². The first-order valence-corrected chi connectivity index (χ1v) is 11.5. The summed E-state index contributed by atoms with van der Waals surface area (Å²) in [5.41, 5.74) is 3.52. The van der Waals surface area contributed by atoms with Crippen LogP contribution < -0.4 is 23.7 Å². The van der Waals surface area contributed by atoms with Crippen LogP contribution in [0.15, 0.2) is 30.3 Å². The molecule has 0 bridgehead atoms. The number of rotatable bonds is 5. The molecule has 0 saturated carbocycles. The van der Waals surface area contributed by atoms with E-state index in [2.05, 4.69) is 0 Å². The molecule has 0 aliphatic carbocycles. The normalized spacial score (nSPS) is 24.6. The minimum absolute atomic E-state index is 0.169. The van der Waals surface area contributed by atoms with Crippen LogP contribution in [0.1, 0.15) is 11.1 Å². The van der Waals surface area contributed by atoms with Gasteiger partial charge in [0, 0.05) is 10.9 Å². The molecule has 1 saturated heterocycles. The molecule has 0 aromatic heterocycles. The summed E-state index contributed by atoms with van der Waals surface area (Å²) < 4.78 is 39.9. The Morgan fingerprint density at radius 3 is 2.33 bits per heavy atom. The summed E-state index contributed by atoms with van der Waals surface area (Å²) in [6.07, 6.45) is -5.25. The van der Waals surface area contributed by atoms with Crippen LogP contribution in [0, 0.1) is 0 Å². The van der Waals surface area contributed by atoms with Gasteiger partial charge in [0.05, 0.1) is 34.0 Å². The molecular weight excluding hydrogens is 472 g/mol. The molecule has 3 aliphatic heterocycles. The summed E-state index contributed by atoms with van der Waals surface area (Å²) in [6, 6.07) is 9.44. The third-order valence-electron chi connectivity index (χ3n) is 6.82. The highest BCUT2D eigenvalue weighted by Crippen LogP contribution is 2.49. The molecule has 10 nitrogen and oxygen atoms in total. The van der Waals surface area contributed by atoms with Crippen LogP contribution in [-0.4, -0.2) is 67.5 Å². The van der Waals surface area contributed by atoms with Gasteiger partial charge in [-0.1, -0.05) is 6.07 Å². The van der Waals surface area contributed by atoms with Gasteiger partial charge in [-0.3, -0.25) is 0 Å². The van der Waals surface area contributed by atoms with Gasteiger partial charge in [-0.25, -0.2) is 0 Å². The van der Waals surface area contributed by atoms with E-state index in [1.807, 2.05) is 24.3 Å². The predicted molar refractivity (Wildman–Crippen MR) is 125 cm³/mol. The SMILES string of the molecule is COc1cc2c(OC3OC[C@H](O)[C@H](O)[C@H]3O)c3c(c(-c4ccc5c(c4)OCO5)c2cc1OC)COC3. The molecule has 6 rings (SSSR count). The molecule has 10 heteroatoms. The van der Waals surface area contributed by atoms with E-state index in [4.69, 9.17) is 33.2 Å². The van der Waals surface area contributed by atoms with E-state index in [0.717, 1.165) is 27.6 Å². The van der Waals surface area contributed by atoms with Crippen molar-refractivity contribution in [2.75, 3.05) is 27.6 Å². The summed E-state index contributed by atoms with van der Waals surface area (Å²) in [5, 5.41) is 32.0. The summed E-state index contributed by atoms with van der Waals surface area (Å²) in [6.45, 7) is 0.615. The molecule has 3 aromatic rings. The van der Waals surface area contributed by atoms with E-state index in [-0.39, 0.29) is 20.0 Å². The molecule has 3 N–H and O–H groups in total. The van der Waals surface area contributed by atoms with Crippen LogP contribution in [0.25, 0.3) is 21.9 Å². The van der Waals surface area contributed by atoms with E-state index in [1.165, 1.54) is 0 Å². The second-order valence-corrected chi connectivity index (χ2v) is 8.84. The molecule has 4 atom stereocenters. The monoisotopic (exact) mass is 498 g/mol. The zero-order valence-corrected chi connectivity index (χ0v) is 19.7. The zero-order chi connectivity index (χ0) is 25.0. The lowest BCUT2D eigenvalue weighted by Gasteiger charge is -2.35. The van der Waals surface area contributed by atoms with E-state index in [9.17, 15) is 15.3 Å². The highest BCUT2D eigenvalue weighted by molar-refractivity contribution is 6.05. The molecule has 3 aromatic carbocycles. The Morgan fingerprint density at radius 2 is 1.56 bits per heavy atom. The minimum atomic E-state index is -1.45. The molecule has 0 amide bonds. The molecule has 3 aliphatic rings. The molecule has 0 radical (unpaired) electrons. The van der Waals surface area contributed by atoms with Crippen LogP contribution in [0.2, 0.25) is 0 Å². The van der Waals surface area contributed by atoms with Gasteiger partial charge in [0.1, 0.15) is 24.1 Å². The third kappa shape index (κ3) is 3.61. The highest BCUT2D eigenvalue weighted by atomic mass is 16.7. The minimum Gasteiger partial charge on any atom is -0.493 e. The van der Waals surface area contributed by atoms with Gasteiger partial charge in [-0.15, -0.1) is 0 Å². The second-order valence-electron chi connectivity index (χ2n) is 8.84. The largest absolute Gasteiger partial charge is 0.493 e. The lowest BCUT2D eigenvalue weighted by atomic mass is 9.89. The second kappa shape index (κ2) is 8.99. The summed E-state index contributed by atoms with van der Waals surface area (Å²) in [5.74, 6) is 2.80. The molecule has 36 heavy (non-hydrogen) atoms. The zero-order valence-electron chi connectivity index (χ0n) is 19.7. The number of ether oxygens (including phenoxy) is 7. The average molecular weight is 498 g/mol. The maximum atomic E-state index is 10.5. The number of aliphatic hydroxyl groups is 3. The van der Waals surface area contributed by atoms with Crippen LogP contribution in [0.3, 0.4) is 0 Å². The lowest BCUT2D eigenvalue weighted by Crippen LogP contribution is -2.54. The van der Waals surface area contributed by atoms with Crippen molar-refractivity contribution in [1.29, 1.82) is 0 Å². The van der Waals surface area contributed by atoms with Crippen molar-refractivity contribution in [1.82, 2.24) is 0 Å². The predicted octanol–water partition coefficient (Wildman–Crippen LogP) is 2.10. The van der Waals surface area contributed by atoms with Crippen LogP contribution >= 0.6 is 0 Å². The van der Waals surface area contributed by atoms with E-state index >= 15 is 0 Å². The number of methoxy groups -OCH3 is 2. The number of benzene rings is 3. The van der Waals surface area contributed by atoms with Gasteiger partial charge in [0.2, 0.25) is 13.1 Å². The Balaban J connectivity index is 1.57. The maximum absolute atomic E-state index is 10.5. The first-order chi connectivity index (χ1) is 17.5. The van der Waals surface area contributed by atoms with Crippen molar-refractivity contribution >= 4 is 10.8 Å². The Labute approximate surface area is 206 Å². The van der Waals surface area contributed by atoms with Gasteiger partial charge in [-0.05, 0) is 46.3 Å². The Hall–Kier alpha value is -3.28. The fourth-order valence-corrected chi connectivity index (χ4v) is 4.97. The average Bonchev–Trinajstić information content (AvgIpc) is 3.57. The smallest absolute Gasteiger partial charge is 0.231 e. The number of aliphatic hydroxyl groups excluding tert-OH is 3. The molecule has 1 fully saturated rings. The summed E-state index contributed by atoms with van der Waals surface area (Å²) in [7, 11) is 3.11. The topological polar surface area (TPSA) is 125 Å².